The smallest absolute Gasteiger partial charge is 0.215 e. The van der Waals surface area contributed by atoms with Crippen molar-refractivity contribution in [2.75, 3.05) is 6.54 Å². The maximum atomic E-state index is 11.7. The minimum absolute atomic E-state index is 0.0102. The van der Waals surface area contributed by atoms with Gasteiger partial charge < -0.3 is 0 Å². The average Bonchev–Trinajstić information content (AvgIpc) is 2.27. The van der Waals surface area contributed by atoms with Gasteiger partial charge >= 0.3 is 0 Å². The van der Waals surface area contributed by atoms with Crippen LogP contribution in [0.1, 0.15) is 31.7 Å². The van der Waals surface area contributed by atoms with E-state index in [9.17, 15) is 8.42 Å². The highest BCUT2D eigenvalue weighted by Gasteiger charge is 2.10. The highest BCUT2D eigenvalue weighted by Crippen LogP contribution is 2.11. The van der Waals surface area contributed by atoms with Gasteiger partial charge in [-0.1, -0.05) is 43.5 Å². The van der Waals surface area contributed by atoms with Crippen molar-refractivity contribution >= 4 is 21.6 Å². The molecule has 1 aromatic carbocycles. The normalized spacial score (nSPS) is 11.6. The van der Waals surface area contributed by atoms with E-state index in [1.54, 1.807) is 24.3 Å². The maximum absolute atomic E-state index is 11.7. The Labute approximate surface area is 108 Å². The highest BCUT2D eigenvalue weighted by molar-refractivity contribution is 7.88. The lowest BCUT2D eigenvalue weighted by Gasteiger charge is -2.06. The standard InChI is InChI=1S/C12H18ClNO2S/c1-2-3-4-9-14-17(15,16)10-11-5-7-12(13)8-6-11/h5-8,14H,2-4,9-10H2,1H3. The quantitative estimate of drug-likeness (QED) is 0.778. The van der Waals surface area contributed by atoms with Crippen molar-refractivity contribution in [1.29, 1.82) is 0 Å². The summed E-state index contributed by atoms with van der Waals surface area (Å²) in [5.41, 5.74) is 0.748. The lowest BCUT2D eigenvalue weighted by molar-refractivity contribution is 0.575. The molecule has 0 fully saturated rings. The second kappa shape index (κ2) is 6.99. The molecular weight excluding hydrogens is 258 g/mol. The first-order chi connectivity index (χ1) is 8.03. The fraction of sp³-hybridized carbons (Fsp3) is 0.500. The molecule has 17 heavy (non-hydrogen) atoms. The molecule has 96 valence electrons. The fourth-order valence-corrected chi connectivity index (χ4v) is 2.77. The Morgan fingerprint density at radius 3 is 2.41 bits per heavy atom. The third kappa shape index (κ3) is 6.05. The molecule has 0 atom stereocenters. The Morgan fingerprint density at radius 2 is 1.82 bits per heavy atom. The van der Waals surface area contributed by atoms with E-state index in [1.165, 1.54) is 0 Å². The summed E-state index contributed by atoms with van der Waals surface area (Å²) in [7, 11) is -3.22. The topological polar surface area (TPSA) is 46.2 Å². The van der Waals surface area contributed by atoms with Crippen LogP contribution in [-0.2, 0) is 15.8 Å². The first-order valence-corrected chi connectivity index (χ1v) is 7.78. The van der Waals surface area contributed by atoms with E-state index in [-0.39, 0.29) is 5.75 Å². The van der Waals surface area contributed by atoms with Crippen molar-refractivity contribution in [1.82, 2.24) is 4.72 Å². The van der Waals surface area contributed by atoms with E-state index >= 15 is 0 Å². The SMILES string of the molecule is CCCCCNS(=O)(=O)Cc1ccc(Cl)cc1. The number of nitrogens with one attached hydrogen (secondary N) is 1. The van der Waals surface area contributed by atoms with Crippen molar-refractivity contribution in [2.45, 2.75) is 31.9 Å². The summed E-state index contributed by atoms with van der Waals surface area (Å²) in [6, 6.07) is 6.86. The van der Waals surface area contributed by atoms with Gasteiger partial charge in [-0.3, -0.25) is 0 Å². The van der Waals surface area contributed by atoms with Gasteiger partial charge in [0.15, 0.2) is 0 Å². The molecule has 1 N–H and O–H groups in total. The minimum Gasteiger partial charge on any atom is -0.215 e. The molecule has 0 bridgehead atoms. The molecule has 0 aliphatic rings. The summed E-state index contributed by atoms with van der Waals surface area (Å²) in [6.45, 7) is 2.60. The molecule has 0 aromatic heterocycles. The molecule has 0 aliphatic heterocycles. The van der Waals surface area contributed by atoms with Crippen LogP contribution in [0.25, 0.3) is 0 Å². The molecule has 0 unspecified atom stereocenters. The zero-order chi connectivity index (χ0) is 12.7. The Hall–Kier alpha value is -0.580. The van der Waals surface area contributed by atoms with Gasteiger partial charge in [0.2, 0.25) is 10.0 Å². The van der Waals surface area contributed by atoms with E-state index in [2.05, 4.69) is 11.6 Å². The van der Waals surface area contributed by atoms with E-state index in [1.807, 2.05) is 0 Å². The predicted octanol–water partition coefficient (Wildman–Crippen LogP) is 2.95. The van der Waals surface area contributed by atoms with Gasteiger partial charge in [-0.15, -0.1) is 0 Å². The minimum atomic E-state index is -3.22. The fourth-order valence-electron chi connectivity index (χ4n) is 1.45. The van der Waals surface area contributed by atoms with Gasteiger partial charge in [-0.05, 0) is 24.1 Å². The van der Waals surface area contributed by atoms with Crippen LogP contribution in [-0.4, -0.2) is 15.0 Å². The van der Waals surface area contributed by atoms with Gasteiger partial charge in [-0.25, -0.2) is 13.1 Å². The number of sulfonamides is 1. The molecular formula is C12H18ClNO2S. The average molecular weight is 276 g/mol. The van der Waals surface area contributed by atoms with Crippen molar-refractivity contribution < 1.29 is 8.42 Å². The molecule has 5 heteroatoms. The molecule has 0 aliphatic carbocycles. The lowest BCUT2D eigenvalue weighted by Crippen LogP contribution is -2.26. The van der Waals surface area contributed by atoms with E-state index in [0.717, 1.165) is 24.8 Å². The molecule has 1 rings (SSSR count). The lowest BCUT2D eigenvalue weighted by atomic mass is 10.2. The van der Waals surface area contributed by atoms with Crippen molar-refractivity contribution in [3.8, 4) is 0 Å². The molecule has 0 radical (unpaired) electrons. The number of unbranched alkanes of at least 4 members (excludes halogenated alkanes) is 2. The van der Waals surface area contributed by atoms with Crippen molar-refractivity contribution in [2.24, 2.45) is 0 Å². The van der Waals surface area contributed by atoms with Crippen LogP contribution in [0.2, 0.25) is 5.02 Å². The number of rotatable bonds is 7. The van der Waals surface area contributed by atoms with Crippen LogP contribution in [0.3, 0.4) is 0 Å². The first-order valence-electron chi connectivity index (χ1n) is 5.75. The Balaban J connectivity index is 2.46. The first kappa shape index (κ1) is 14.5. The zero-order valence-corrected chi connectivity index (χ0v) is 11.5. The van der Waals surface area contributed by atoms with Crippen LogP contribution in [0.5, 0.6) is 0 Å². The van der Waals surface area contributed by atoms with Crippen molar-refractivity contribution in [3.63, 3.8) is 0 Å². The second-order valence-electron chi connectivity index (χ2n) is 3.99. The van der Waals surface area contributed by atoms with Gasteiger partial charge in [0.25, 0.3) is 0 Å². The van der Waals surface area contributed by atoms with Crippen LogP contribution < -0.4 is 4.72 Å². The van der Waals surface area contributed by atoms with Crippen molar-refractivity contribution in [3.05, 3.63) is 34.9 Å². The van der Waals surface area contributed by atoms with Crippen LogP contribution in [0.15, 0.2) is 24.3 Å². The molecule has 0 saturated carbocycles. The van der Waals surface area contributed by atoms with Gasteiger partial charge in [0.1, 0.15) is 0 Å². The second-order valence-corrected chi connectivity index (χ2v) is 6.23. The van der Waals surface area contributed by atoms with E-state index in [4.69, 9.17) is 11.6 Å². The summed E-state index contributed by atoms with van der Waals surface area (Å²) in [4.78, 5) is 0. The van der Waals surface area contributed by atoms with E-state index < -0.39 is 10.0 Å². The molecule has 0 spiro atoms. The van der Waals surface area contributed by atoms with Crippen LogP contribution in [0, 0.1) is 0 Å². The number of halogens is 1. The largest absolute Gasteiger partial charge is 0.215 e. The highest BCUT2D eigenvalue weighted by atomic mass is 35.5. The van der Waals surface area contributed by atoms with Crippen LogP contribution >= 0.6 is 11.6 Å². The van der Waals surface area contributed by atoms with Crippen LogP contribution in [0.4, 0.5) is 0 Å². The Morgan fingerprint density at radius 1 is 1.18 bits per heavy atom. The number of hydrogen-bond acceptors (Lipinski definition) is 2. The van der Waals surface area contributed by atoms with Gasteiger partial charge in [0, 0.05) is 11.6 Å². The Kier molecular flexibility index (Phi) is 5.95. The summed E-state index contributed by atoms with van der Waals surface area (Å²) < 4.78 is 26.0. The monoisotopic (exact) mass is 275 g/mol. The summed E-state index contributed by atoms with van der Waals surface area (Å²) in [5.74, 6) is 0.0102. The molecule has 3 nitrogen and oxygen atoms in total. The molecule has 1 aromatic rings. The Bertz CT molecular complexity index is 428. The molecule has 0 amide bonds. The van der Waals surface area contributed by atoms with E-state index in [0.29, 0.717) is 11.6 Å². The number of hydrogen-bond donors (Lipinski definition) is 1. The molecule has 0 heterocycles. The third-order valence-corrected chi connectivity index (χ3v) is 3.98. The van der Waals surface area contributed by atoms with Gasteiger partial charge in [-0.2, -0.15) is 0 Å². The summed E-state index contributed by atoms with van der Waals surface area (Å²) in [6.07, 6.45) is 3.01. The molecule has 0 saturated heterocycles. The number of benzene rings is 1. The summed E-state index contributed by atoms with van der Waals surface area (Å²) in [5, 5.41) is 0.613. The summed E-state index contributed by atoms with van der Waals surface area (Å²) >= 11 is 5.74. The zero-order valence-electron chi connectivity index (χ0n) is 9.95. The predicted molar refractivity (Wildman–Crippen MR) is 71.6 cm³/mol. The maximum Gasteiger partial charge on any atom is 0.215 e. The third-order valence-electron chi connectivity index (χ3n) is 2.37. The van der Waals surface area contributed by atoms with Gasteiger partial charge in [0.05, 0.1) is 5.75 Å².